The van der Waals surface area contributed by atoms with Gasteiger partial charge in [-0.15, -0.1) is 0 Å². The molecule has 4 fully saturated rings. The summed E-state index contributed by atoms with van der Waals surface area (Å²) in [6.45, 7) is 0. The number of aromatic nitrogens is 3. The van der Waals surface area contributed by atoms with Gasteiger partial charge in [-0.3, -0.25) is 0 Å². The number of benzene rings is 1. The van der Waals surface area contributed by atoms with E-state index in [4.69, 9.17) is 0 Å². The Kier molecular flexibility index (Phi) is 2.86. The third kappa shape index (κ3) is 1.38. The predicted molar refractivity (Wildman–Crippen MR) is 118 cm³/mol. The summed E-state index contributed by atoms with van der Waals surface area (Å²) in [6.07, 6.45) is 2.40. The largest absolute Gasteiger partial charge is 0.352 e. The van der Waals surface area contributed by atoms with Crippen molar-refractivity contribution in [1.29, 1.82) is 0 Å². The van der Waals surface area contributed by atoms with E-state index in [1.807, 2.05) is 39.7 Å². The Morgan fingerprint density at radius 1 is 0.815 bits per heavy atom. The van der Waals surface area contributed by atoms with Gasteiger partial charge >= 0.3 is 11.4 Å². The fraction of sp³-hybridized carbons (Fsp3) is 0.600. The Labute approximate surface area is 183 Å². The molecule has 1 aromatic carbocycles. The quantitative estimate of drug-likeness (QED) is 0.400. The van der Waals surface area contributed by atoms with Crippen LogP contribution in [0.1, 0.15) is 24.9 Å². The van der Waals surface area contributed by atoms with Crippen LogP contribution in [0.5, 0.6) is 0 Å². The van der Waals surface area contributed by atoms with Crippen LogP contribution in [-0.2, 0) is 0 Å². The lowest BCUT2D eigenvalue weighted by atomic mass is 9.69. The summed E-state index contributed by atoms with van der Waals surface area (Å²) in [4.78, 5) is 26.9. The molecule has 1 aromatic heterocycles. The maximum atomic E-state index is 13.5. The lowest BCUT2D eigenvalue weighted by Crippen LogP contribution is -2.53. The van der Waals surface area contributed by atoms with Crippen molar-refractivity contribution in [2.75, 3.05) is 8.86 Å². The molecule has 0 spiro atoms. The van der Waals surface area contributed by atoms with Gasteiger partial charge in [0.25, 0.3) is 0 Å². The van der Waals surface area contributed by atoms with Crippen LogP contribution in [0.25, 0.3) is 5.69 Å². The number of alkyl halides is 2. The van der Waals surface area contributed by atoms with E-state index in [1.165, 1.54) is 17.4 Å². The van der Waals surface area contributed by atoms with Crippen molar-refractivity contribution in [3.63, 3.8) is 0 Å². The average Bonchev–Trinajstić information content (AvgIpc) is 3.40. The van der Waals surface area contributed by atoms with E-state index in [2.05, 4.69) is 45.2 Å². The smallest absolute Gasteiger partial charge is 0.245 e. The number of halogens is 2. The second-order valence-corrected chi connectivity index (χ2v) is 11.1. The van der Waals surface area contributed by atoms with Crippen molar-refractivity contribution < 1.29 is 0 Å². The molecule has 0 N–H and O–H groups in total. The van der Waals surface area contributed by atoms with Crippen LogP contribution in [0.4, 0.5) is 0 Å². The van der Waals surface area contributed by atoms with Gasteiger partial charge in [0.1, 0.15) is 0 Å². The van der Waals surface area contributed by atoms with E-state index in [1.54, 1.807) is 0 Å². The van der Waals surface area contributed by atoms with Crippen molar-refractivity contribution in [2.24, 2.45) is 34.5 Å². The monoisotopic (exact) mass is 587 g/mol. The average molecular weight is 587 g/mol. The summed E-state index contributed by atoms with van der Waals surface area (Å²) in [5.41, 5.74) is 1.03. The summed E-state index contributed by atoms with van der Waals surface area (Å²) in [7, 11) is 0. The highest BCUT2D eigenvalue weighted by molar-refractivity contribution is 14.1. The summed E-state index contributed by atoms with van der Waals surface area (Å²) >= 11 is 5.01. The molecule has 7 heteroatoms. The second kappa shape index (κ2) is 4.76. The number of para-hydroxylation sites is 1. The summed E-state index contributed by atoms with van der Waals surface area (Å²) in [5, 5.41) is 0. The Bertz CT molecular complexity index is 1050. The number of nitrogens with zero attached hydrogens (tertiary/aromatic N) is 3. The Hall–Kier alpha value is -0.580. The molecule has 6 aliphatic rings. The zero-order valence-electron chi connectivity index (χ0n) is 14.6. The number of hydrogen-bond acceptors (Lipinski definition) is 2. The fourth-order valence-electron chi connectivity index (χ4n) is 8.57. The molecule has 3 heterocycles. The predicted octanol–water partition coefficient (Wildman–Crippen LogP) is 3.04. The van der Waals surface area contributed by atoms with Gasteiger partial charge in [-0.05, 0) is 48.6 Å². The van der Waals surface area contributed by atoms with E-state index in [9.17, 15) is 9.59 Å². The van der Waals surface area contributed by atoms with Crippen LogP contribution in [0.2, 0.25) is 0 Å². The standard InChI is InChI=1S/C20H19I2N3O2/c21-8-6-19-14-11-12-13(11)16(20(14,19)7-9-22)25-18(27)23(10-4-2-1-3-5-10)17(26)24(25)15(12)19/h1-5,11-16H,6-9H2/t11?,12-,13-,14?,15-,16-,19-,20+/m0/s1. The molecule has 2 aliphatic heterocycles. The third-order valence-electron chi connectivity index (χ3n) is 8.82. The molecule has 8 atom stereocenters. The molecular weight excluding hydrogens is 568 g/mol. The van der Waals surface area contributed by atoms with Crippen molar-refractivity contribution in [1.82, 2.24) is 13.9 Å². The first-order chi connectivity index (χ1) is 13.2. The normalized spacial score (nSPS) is 45.9. The molecule has 140 valence electrons. The molecule has 0 saturated heterocycles. The lowest BCUT2D eigenvalue weighted by Gasteiger charge is -2.48. The van der Waals surface area contributed by atoms with E-state index >= 15 is 0 Å². The molecule has 2 bridgehead atoms. The van der Waals surface area contributed by atoms with E-state index in [0.717, 1.165) is 20.7 Å². The molecule has 8 rings (SSSR count). The highest BCUT2D eigenvalue weighted by Gasteiger charge is 3.02. The zero-order chi connectivity index (χ0) is 18.3. The van der Waals surface area contributed by atoms with E-state index in [0.29, 0.717) is 17.5 Å². The van der Waals surface area contributed by atoms with Crippen LogP contribution < -0.4 is 11.4 Å². The van der Waals surface area contributed by atoms with Crippen molar-refractivity contribution in [3.05, 3.63) is 51.3 Å². The second-order valence-electron chi connectivity index (χ2n) is 8.98. The Morgan fingerprint density at radius 2 is 1.33 bits per heavy atom. The van der Waals surface area contributed by atoms with Gasteiger partial charge in [0, 0.05) is 19.7 Å². The maximum absolute atomic E-state index is 13.5. The molecule has 2 unspecified atom stereocenters. The van der Waals surface area contributed by atoms with E-state index in [-0.39, 0.29) is 34.3 Å². The lowest BCUT2D eigenvalue weighted by molar-refractivity contribution is -0.00254. The van der Waals surface area contributed by atoms with Crippen LogP contribution in [0, 0.1) is 34.5 Å². The number of hydrogen-bond donors (Lipinski definition) is 0. The van der Waals surface area contributed by atoms with Gasteiger partial charge in [0.05, 0.1) is 17.8 Å². The molecule has 2 aromatic rings. The molecule has 27 heavy (non-hydrogen) atoms. The van der Waals surface area contributed by atoms with Gasteiger partial charge < -0.3 is 0 Å². The highest BCUT2D eigenvalue weighted by atomic mass is 127. The number of rotatable bonds is 5. The molecule has 0 radical (unpaired) electrons. The first-order valence-corrected chi connectivity index (χ1v) is 12.9. The van der Waals surface area contributed by atoms with Gasteiger partial charge in [0.15, 0.2) is 0 Å². The van der Waals surface area contributed by atoms with Gasteiger partial charge in [-0.25, -0.2) is 23.5 Å². The Balaban J connectivity index is 1.52. The fourth-order valence-corrected chi connectivity index (χ4v) is 10.4. The van der Waals surface area contributed by atoms with Crippen LogP contribution in [0.3, 0.4) is 0 Å². The molecule has 0 amide bonds. The van der Waals surface area contributed by atoms with Gasteiger partial charge in [-0.2, -0.15) is 0 Å². The van der Waals surface area contributed by atoms with Crippen molar-refractivity contribution in [2.45, 2.75) is 24.9 Å². The molecule has 4 saturated carbocycles. The minimum Gasteiger partial charge on any atom is -0.245 e. The minimum atomic E-state index is -0.117. The summed E-state index contributed by atoms with van der Waals surface area (Å²) < 4.78 is 7.55. The van der Waals surface area contributed by atoms with Gasteiger partial charge in [0.2, 0.25) is 0 Å². The molecule has 5 nitrogen and oxygen atoms in total. The van der Waals surface area contributed by atoms with Crippen LogP contribution >= 0.6 is 45.2 Å². The third-order valence-corrected chi connectivity index (χ3v) is 9.90. The van der Waals surface area contributed by atoms with Crippen molar-refractivity contribution in [3.8, 4) is 5.69 Å². The van der Waals surface area contributed by atoms with E-state index < -0.39 is 0 Å². The molecular formula is C20H19I2N3O2. The Morgan fingerprint density at radius 3 is 1.81 bits per heavy atom. The van der Waals surface area contributed by atoms with Crippen LogP contribution in [-0.4, -0.2) is 22.8 Å². The topological polar surface area (TPSA) is 48.9 Å². The first-order valence-electron chi connectivity index (χ1n) is 9.80. The highest BCUT2D eigenvalue weighted by Crippen LogP contribution is 3.03. The minimum absolute atomic E-state index is 0.117. The maximum Gasteiger partial charge on any atom is 0.352 e. The zero-order valence-corrected chi connectivity index (χ0v) is 18.9. The summed E-state index contributed by atoms with van der Waals surface area (Å²) in [6, 6.07) is 9.95. The van der Waals surface area contributed by atoms with Crippen molar-refractivity contribution >= 4 is 45.2 Å². The van der Waals surface area contributed by atoms with Gasteiger partial charge in [-0.1, -0.05) is 63.4 Å². The SMILES string of the molecule is O=c1n(-c2ccccc2)c(=O)n2n1[C@H]1[C@H]3C4C5[C@]1(CCI)[C@@]5(CCI)[C@@H]2[C@@H]43. The summed E-state index contributed by atoms with van der Waals surface area (Å²) in [5.74, 6) is 2.85. The van der Waals surface area contributed by atoms with Crippen LogP contribution in [0.15, 0.2) is 39.9 Å². The molecule has 4 aliphatic carbocycles. The first kappa shape index (κ1) is 16.2.